The highest BCUT2D eigenvalue weighted by Gasteiger charge is 2.55. The van der Waals surface area contributed by atoms with E-state index >= 15 is 0 Å². The zero-order valence-corrected chi connectivity index (χ0v) is 14.8. The van der Waals surface area contributed by atoms with Gasteiger partial charge in [-0.1, -0.05) is 19.3 Å². The number of amides is 1. The molecule has 4 heteroatoms. The van der Waals surface area contributed by atoms with E-state index in [1.807, 2.05) is 0 Å². The number of likely N-dealkylation sites (N-methyl/N-ethyl adjacent to an activating group) is 1. The van der Waals surface area contributed by atoms with Crippen molar-refractivity contribution in [3.8, 4) is 0 Å². The topological polar surface area (TPSA) is 26.8 Å². The Bertz CT molecular complexity index is 420. The second-order valence-electron chi connectivity index (χ2n) is 8.39. The van der Waals surface area contributed by atoms with Gasteiger partial charge in [-0.25, -0.2) is 0 Å². The van der Waals surface area contributed by atoms with E-state index in [-0.39, 0.29) is 0 Å². The summed E-state index contributed by atoms with van der Waals surface area (Å²) in [4.78, 5) is 20.1. The van der Waals surface area contributed by atoms with E-state index in [1.165, 1.54) is 58.0 Å². The largest absolute Gasteiger partial charge is 0.340 e. The van der Waals surface area contributed by atoms with Crippen molar-refractivity contribution < 1.29 is 4.79 Å². The second kappa shape index (κ2) is 6.72. The molecule has 3 atom stereocenters. The van der Waals surface area contributed by atoms with Crippen molar-refractivity contribution in [1.82, 2.24) is 14.7 Å². The Morgan fingerprint density at radius 2 is 1.52 bits per heavy atom. The first-order valence-electron chi connectivity index (χ1n) is 9.95. The summed E-state index contributed by atoms with van der Waals surface area (Å²) in [5.74, 6) is 2.42. The molecule has 2 heterocycles. The van der Waals surface area contributed by atoms with Gasteiger partial charge in [0.15, 0.2) is 0 Å². The average Bonchev–Trinajstić information content (AvgIpc) is 3.31. The van der Waals surface area contributed by atoms with Gasteiger partial charge >= 0.3 is 0 Å². The predicted octanol–water partition coefficient (Wildman–Crippen LogP) is 2.05. The van der Waals surface area contributed by atoms with Gasteiger partial charge in [0.1, 0.15) is 0 Å². The number of hydrogen-bond acceptors (Lipinski definition) is 3. The summed E-state index contributed by atoms with van der Waals surface area (Å²) in [7, 11) is 2.28. The molecule has 1 amide bonds. The lowest BCUT2D eigenvalue weighted by molar-refractivity contribution is -0.135. The van der Waals surface area contributed by atoms with E-state index in [1.54, 1.807) is 0 Å². The quantitative estimate of drug-likeness (QED) is 0.796. The third-order valence-corrected chi connectivity index (χ3v) is 7.02. The van der Waals surface area contributed by atoms with Crippen LogP contribution in [0.4, 0.5) is 0 Å². The number of carbonyl (C=O) groups excluding carboxylic acids is 1. The minimum absolute atomic E-state index is 0.411. The van der Waals surface area contributed by atoms with Crippen LogP contribution in [-0.4, -0.2) is 73.0 Å². The number of nitrogens with zero attached hydrogens (tertiary/aromatic N) is 3. The summed E-state index contributed by atoms with van der Waals surface area (Å²) in [5, 5.41) is 0. The van der Waals surface area contributed by atoms with Gasteiger partial charge in [0, 0.05) is 44.7 Å². The molecule has 0 spiro atoms. The van der Waals surface area contributed by atoms with Crippen molar-refractivity contribution in [2.24, 2.45) is 17.8 Å². The number of hydrogen-bond donors (Lipinski definition) is 0. The van der Waals surface area contributed by atoms with Crippen LogP contribution in [0.15, 0.2) is 0 Å². The molecule has 0 aromatic carbocycles. The lowest BCUT2D eigenvalue weighted by Gasteiger charge is -2.40. The molecular weight excluding hydrogens is 286 g/mol. The summed E-state index contributed by atoms with van der Waals surface area (Å²) in [6.45, 7) is 6.55. The molecule has 4 aliphatic rings. The highest BCUT2D eigenvalue weighted by atomic mass is 16.2. The Balaban J connectivity index is 1.24. The fourth-order valence-electron chi connectivity index (χ4n) is 5.39. The molecule has 2 saturated carbocycles. The molecule has 0 aromatic rings. The maximum atomic E-state index is 12.8. The molecule has 23 heavy (non-hydrogen) atoms. The van der Waals surface area contributed by atoms with E-state index in [2.05, 4.69) is 21.7 Å². The zero-order chi connectivity index (χ0) is 15.8. The van der Waals surface area contributed by atoms with Gasteiger partial charge in [0.2, 0.25) is 5.91 Å². The second-order valence-corrected chi connectivity index (χ2v) is 8.39. The van der Waals surface area contributed by atoms with Crippen molar-refractivity contribution in [1.29, 1.82) is 0 Å². The summed E-state index contributed by atoms with van der Waals surface area (Å²) in [5.41, 5.74) is 0. The van der Waals surface area contributed by atoms with Crippen molar-refractivity contribution in [2.45, 2.75) is 51.0 Å². The molecule has 0 radical (unpaired) electrons. The van der Waals surface area contributed by atoms with Gasteiger partial charge in [-0.15, -0.1) is 0 Å². The Morgan fingerprint density at radius 3 is 2.17 bits per heavy atom. The van der Waals surface area contributed by atoms with Crippen LogP contribution in [0.3, 0.4) is 0 Å². The Morgan fingerprint density at radius 1 is 0.870 bits per heavy atom. The standard InChI is InChI=1S/C19H33N3O/c1-20-9-5-4-6-15(20)14-21-10-12-22(13-11-21)19(23)18-16-7-2-3-8-17(16)18/h15-18H,2-14H2,1H3/t15-,16+,17+/m1/s1. The van der Waals surface area contributed by atoms with Crippen LogP contribution in [0.1, 0.15) is 44.9 Å². The number of likely N-dealkylation sites (tertiary alicyclic amines) is 1. The van der Waals surface area contributed by atoms with Crippen LogP contribution in [0, 0.1) is 17.8 Å². The summed E-state index contributed by atoms with van der Waals surface area (Å²) in [6.07, 6.45) is 9.43. The van der Waals surface area contributed by atoms with Crippen LogP contribution in [0.2, 0.25) is 0 Å². The Labute approximate surface area is 141 Å². The maximum Gasteiger partial charge on any atom is 0.226 e. The third kappa shape index (κ3) is 3.30. The molecule has 0 aromatic heterocycles. The fourth-order valence-corrected chi connectivity index (χ4v) is 5.39. The van der Waals surface area contributed by atoms with Gasteiger partial charge in [0.25, 0.3) is 0 Å². The smallest absolute Gasteiger partial charge is 0.226 e. The van der Waals surface area contributed by atoms with Gasteiger partial charge in [-0.3, -0.25) is 9.69 Å². The molecule has 0 unspecified atom stereocenters. The molecule has 2 aliphatic carbocycles. The molecular formula is C19H33N3O. The minimum atomic E-state index is 0.411. The zero-order valence-electron chi connectivity index (χ0n) is 14.8. The van der Waals surface area contributed by atoms with E-state index < -0.39 is 0 Å². The van der Waals surface area contributed by atoms with Crippen molar-refractivity contribution >= 4 is 5.91 Å². The average molecular weight is 319 g/mol. The van der Waals surface area contributed by atoms with Crippen LogP contribution in [0.5, 0.6) is 0 Å². The number of piperidine rings is 1. The number of fused-ring (bicyclic) bond motifs is 1. The van der Waals surface area contributed by atoms with Crippen LogP contribution in [0.25, 0.3) is 0 Å². The molecule has 2 saturated heterocycles. The van der Waals surface area contributed by atoms with Gasteiger partial charge < -0.3 is 9.80 Å². The Kier molecular flexibility index (Phi) is 4.64. The molecule has 4 fully saturated rings. The summed E-state index contributed by atoms with van der Waals surface area (Å²) < 4.78 is 0. The van der Waals surface area contributed by atoms with Gasteiger partial charge in [-0.05, 0) is 51.1 Å². The first kappa shape index (κ1) is 15.9. The Hall–Kier alpha value is -0.610. The van der Waals surface area contributed by atoms with Gasteiger partial charge in [0.05, 0.1) is 0 Å². The normalized spacial score (nSPS) is 39.1. The van der Waals surface area contributed by atoms with Crippen LogP contribution < -0.4 is 0 Å². The lowest BCUT2D eigenvalue weighted by Crippen LogP contribution is -2.53. The SMILES string of the molecule is CN1CCCC[C@@H]1CN1CCN(C(=O)C2[C@H]3CCCC[C@H]23)CC1. The highest BCUT2D eigenvalue weighted by Crippen LogP contribution is 2.56. The first-order valence-corrected chi connectivity index (χ1v) is 9.95. The fraction of sp³-hybridized carbons (Fsp3) is 0.947. The molecule has 4 nitrogen and oxygen atoms in total. The molecule has 130 valence electrons. The van der Waals surface area contributed by atoms with E-state index in [9.17, 15) is 4.79 Å². The van der Waals surface area contributed by atoms with E-state index in [4.69, 9.17) is 0 Å². The first-order chi connectivity index (χ1) is 11.2. The maximum absolute atomic E-state index is 12.8. The van der Waals surface area contributed by atoms with Gasteiger partial charge in [-0.2, -0.15) is 0 Å². The summed E-state index contributed by atoms with van der Waals surface area (Å²) >= 11 is 0. The van der Waals surface area contributed by atoms with Crippen LogP contribution in [-0.2, 0) is 4.79 Å². The van der Waals surface area contributed by atoms with E-state index in [0.717, 1.165) is 44.1 Å². The predicted molar refractivity (Wildman–Crippen MR) is 92.2 cm³/mol. The van der Waals surface area contributed by atoms with E-state index in [0.29, 0.717) is 11.8 Å². The highest BCUT2D eigenvalue weighted by molar-refractivity contribution is 5.82. The lowest BCUT2D eigenvalue weighted by atomic mass is 10.0. The third-order valence-electron chi connectivity index (χ3n) is 7.02. The summed E-state index contributed by atoms with van der Waals surface area (Å²) in [6, 6.07) is 0.734. The number of carbonyl (C=O) groups is 1. The number of piperazine rings is 1. The van der Waals surface area contributed by atoms with Crippen molar-refractivity contribution in [3.05, 3.63) is 0 Å². The molecule has 4 rings (SSSR count). The van der Waals surface area contributed by atoms with Crippen molar-refractivity contribution in [2.75, 3.05) is 46.3 Å². The van der Waals surface area contributed by atoms with Crippen molar-refractivity contribution in [3.63, 3.8) is 0 Å². The molecule has 0 bridgehead atoms. The monoisotopic (exact) mass is 319 g/mol. The molecule has 2 aliphatic heterocycles. The number of rotatable bonds is 3. The minimum Gasteiger partial charge on any atom is -0.340 e. The van der Waals surface area contributed by atoms with Crippen LogP contribution >= 0.6 is 0 Å². The molecule has 0 N–H and O–H groups in total.